The van der Waals surface area contributed by atoms with Crippen LogP contribution >= 0.6 is 0 Å². The molecule has 1 atom stereocenters. The topological polar surface area (TPSA) is 115 Å². The second-order valence-corrected chi connectivity index (χ2v) is 9.64. The lowest BCUT2D eigenvalue weighted by molar-refractivity contribution is -0.117. The van der Waals surface area contributed by atoms with E-state index in [-0.39, 0.29) is 4.90 Å². The first-order valence-electron chi connectivity index (χ1n) is 11.1. The zero-order valence-electron chi connectivity index (χ0n) is 19.4. The minimum absolute atomic E-state index is 0.00430. The average molecular weight is 498 g/mol. The van der Waals surface area contributed by atoms with Crippen molar-refractivity contribution in [2.45, 2.75) is 24.3 Å². The van der Waals surface area contributed by atoms with Crippen LogP contribution in [0.5, 0.6) is 17.2 Å². The number of carbonyl (C=O) groups is 1. The van der Waals surface area contributed by atoms with Gasteiger partial charge in [0.05, 0.1) is 31.3 Å². The van der Waals surface area contributed by atoms with Gasteiger partial charge in [0, 0.05) is 29.5 Å². The maximum absolute atomic E-state index is 12.8. The molecule has 10 heteroatoms. The smallest absolute Gasteiger partial charge is 0.242 e. The van der Waals surface area contributed by atoms with Crippen LogP contribution in [0, 0.1) is 0 Å². The molecule has 0 radical (unpaired) electrons. The van der Waals surface area contributed by atoms with E-state index in [4.69, 9.17) is 14.2 Å². The second kappa shape index (κ2) is 10.7. The highest BCUT2D eigenvalue weighted by atomic mass is 32.2. The van der Waals surface area contributed by atoms with Crippen molar-refractivity contribution in [3.05, 3.63) is 66.7 Å². The molecule has 3 aromatic carbocycles. The lowest BCUT2D eigenvalue weighted by atomic mass is 10.2. The zero-order chi connectivity index (χ0) is 24.8. The standard InChI is InChI=1S/C25H27N3O6S/c1-17(28-35(30,31)22-12-13-23-24(16-22)34-15-3-14-33-23)25(29)27-20-6-4-18(5-7-20)26-19-8-10-21(32-2)11-9-19/h4-13,16-17,26,28H,3,14-15H2,1-2H3,(H,27,29)/t17-/m0/s1. The number of ether oxygens (including phenoxy) is 3. The van der Waals surface area contributed by atoms with Crippen LogP contribution in [0.15, 0.2) is 71.6 Å². The Bertz CT molecular complexity index is 1280. The fraction of sp³-hybridized carbons (Fsp3) is 0.240. The molecule has 0 fully saturated rings. The van der Waals surface area contributed by atoms with Crippen LogP contribution in [0.25, 0.3) is 0 Å². The summed E-state index contributed by atoms with van der Waals surface area (Å²) in [4.78, 5) is 12.6. The van der Waals surface area contributed by atoms with Crippen molar-refractivity contribution in [1.29, 1.82) is 0 Å². The fourth-order valence-corrected chi connectivity index (χ4v) is 4.61. The van der Waals surface area contributed by atoms with E-state index in [9.17, 15) is 13.2 Å². The molecule has 3 aromatic rings. The van der Waals surface area contributed by atoms with Crippen LogP contribution in [0.4, 0.5) is 17.1 Å². The van der Waals surface area contributed by atoms with E-state index in [2.05, 4.69) is 15.4 Å². The van der Waals surface area contributed by atoms with Crippen LogP contribution in [-0.2, 0) is 14.8 Å². The Morgan fingerprint density at radius 1 is 0.886 bits per heavy atom. The maximum Gasteiger partial charge on any atom is 0.242 e. The van der Waals surface area contributed by atoms with Gasteiger partial charge in [-0.15, -0.1) is 0 Å². The summed E-state index contributed by atoms with van der Waals surface area (Å²) in [5.74, 6) is 1.14. The normalized spacial score (nSPS) is 13.9. The summed E-state index contributed by atoms with van der Waals surface area (Å²) in [5, 5.41) is 5.98. The monoisotopic (exact) mass is 497 g/mol. The Labute approximate surface area is 204 Å². The number of amides is 1. The predicted octanol–water partition coefficient (Wildman–Crippen LogP) is 3.91. The van der Waals surface area contributed by atoms with Crippen molar-refractivity contribution >= 4 is 33.0 Å². The van der Waals surface area contributed by atoms with Crippen LogP contribution in [-0.4, -0.2) is 40.7 Å². The third kappa shape index (κ3) is 6.23. The lowest BCUT2D eigenvalue weighted by Gasteiger charge is -2.16. The van der Waals surface area contributed by atoms with E-state index in [1.54, 1.807) is 25.3 Å². The third-order valence-electron chi connectivity index (χ3n) is 5.29. The molecule has 0 aromatic heterocycles. The van der Waals surface area contributed by atoms with Gasteiger partial charge in [0.15, 0.2) is 11.5 Å². The van der Waals surface area contributed by atoms with E-state index in [0.717, 1.165) is 17.1 Å². The Morgan fingerprint density at radius 3 is 2.14 bits per heavy atom. The first-order chi connectivity index (χ1) is 16.8. The Kier molecular flexibility index (Phi) is 7.42. The fourth-order valence-electron chi connectivity index (χ4n) is 3.39. The number of benzene rings is 3. The summed E-state index contributed by atoms with van der Waals surface area (Å²) in [6.45, 7) is 2.43. The molecular weight excluding hydrogens is 470 g/mol. The number of nitrogens with one attached hydrogen (secondary N) is 3. The molecule has 0 spiro atoms. The summed E-state index contributed by atoms with van der Waals surface area (Å²) in [6.07, 6.45) is 0.713. The average Bonchev–Trinajstić information content (AvgIpc) is 3.10. The van der Waals surface area contributed by atoms with Gasteiger partial charge in [-0.2, -0.15) is 4.72 Å². The van der Waals surface area contributed by atoms with Crippen LogP contribution < -0.4 is 29.6 Å². The second-order valence-electron chi connectivity index (χ2n) is 7.92. The van der Waals surface area contributed by atoms with E-state index < -0.39 is 22.0 Å². The number of anilines is 3. The molecule has 4 rings (SSSR count). The number of hydrogen-bond acceptors (Lipinski definition) is 7. The molecule has 9 nitrogen and oxygen atoms in total. The van der Waals surface area contributed by atoms with E-state index >= 15 is 0 Å². The molecular formula is C25H27N3O6S. The minimum atomic E-state index is -3.95. The van der Waals surface area contributed by atoms with Gasteiger partial charge in [0.2, 0.25) is 15.9 Å². The van der Waals surface area contributed by atoms with Gasteiger partial charge in [0.1, 0.15) is 5.75 Å². The number of carbonyl (C=O) groups excluding carboxylic acids is 1. The molecule has 1 amide bonds. The van der Waals surface area contributed by atoms with Gasteiger partial charge in [-0.3, -0.25) is 4.79 Å². The molecule has 0 saturated carbocycles. The van der Waals surface area contributed by atoms with Crippen molar-refractivity contribution in [2.24, 2.45) is 0 Å². The van der Waals surface area contributed by atoms with Gasteiger partial charge >= 0.3 is 0 Å². The lowest BCUT2D eigenvalue weighted by Crippen LogP contribution is -2.41. The van der Waals surface area contributed by atoms with Gasteiger partial charge in [-0.05, 0) is 67.6 Å². The first-order valence-corrected chi connectivity index (χ1v) is 12.6. The quantitative estimate of drug-likeness (QED) is 0.432. The summed E-state index contributed by atoms with van der Waals surface area (Å²) < 4.78 is 44.3. The number of hydrogen-bond donors (Lipinski definition) is 3. The maximum atomic E-state index is 12.8. The first kappa shape index (κ1) is 24.4. The molecule has 3 N–H and O–H groups in total. The molecule has 1 aliphatic heterocycles. The van der Waals surface area contributed by atoms with E-state index in [1.807, 2.05) is 36.4 Å². The predicted molar refractivity (Wildman–Crippen MR) is 133 cm³/mol. The largest absolute Gasteiger partial charge is 0.497 e. The third-order valence-corrected chi connectivity index (χ3v) is 6.82. The number of sulfonamides is 1. The van der Waals surface area contributed by atoms with E-state index in [0.29, 0.717) is 36.8 Å². The minimum Gasteiger partial charge on any atom is -0.497 e. The Hall–Kier alpha value is -3.76. The number of fused-ring (bicyclic) bond motifs is 1. The molecule has 0 unspecified atom stereocenters. The SMILES string of the molecule is COc1ccc(Nc2ccc(NC(=O)[C@H](C)NS(=O)(=O)c3ccc4c(c3)OCCCO4)cc2)cc1. The summed E-state index contributed by atoms with van der Waals surface area (Å²) in [7, 11) is -2.34. The van der Waals surface area contributed by atoms with E-state index in [1.165, 1.54) is 19.1 Å². The van der Waals surface area contributed by atoms with Gasteiger partial charge in [-0.1, -0.05) is 0 Å². The number of methoxy groups -OCH3 is 1. The Balaban J connectivity index is 1.35. The van der Waals surface area contributed by atoms with Crippen molar-refractivity contribution in [3.63, 3.8) is 0 Å². The van der Waals surface area contributed by atoms with Crippen LogP contribution in [0.1, 0.15) is 13.3 Å². The molecule has 184 valence electrons. The molecule has 0 saturated heterocycles. The summed E-state index contributed by atoms with van der Waals surface area (Å²) in [5.41, 5.74) is 2.26. The van der Waals surface area contributed by atoms with Crippen molar-refractivity contribution in [3.8, 4) is 17.2 Å². The summed E-state index contributed by atoms with van der Waals surface area (Å²) in [6, 6.07) is 18.0. The van der Waals surface area contributed by atoms with Crippen molar-refractivity contribution < 1.29 is 27.4 Å². The summed E-state index contributed by atoms with van der Waals surface area (Å²) >= 11 is 0. The van der Waals surface area contributed by atoms with Gasteiger partial charge in [0.25, 0.3) is 0 Å². The molecule has 1 heterocycles. The highest BCUT2D eigenvalue weighted by molar-refractivity contribution is 7.89. The van der Waals surface area contributed by atoms with Crippen molar-refractivity contribution in [1.82, 2.24) is 4.72 Å². The molecule has 1 aliphatic rings. The highest BCUT2D eigenvalue weighted by Crippen LogP contribution is 2.32. The molecule has 0 bridgehead atoms. The number of rotatable bonds is 8. The van der Waals surface area contributed by atoms with Gasteiger partial charge < -0.3 is 24.8 Å². The van der Waals surface area contributed by atoms with Crippen LogP contribution in [0.2, 0.25) is 0 Å². The zero-order valence-corrected chi connectivity index (χ0v) is 20.2. The highest BCUT2D eigenvalue weighted by Gasteiger charge is 2.24. The molecule has 35 heavy (non-hydrogen) atoms. The van der Waals surface area contributed by atoms with Crippen molar-refractivity contribution in [2.75, 3.05) is 31.0 Å². The van der Waals surface area contributed by atoms with Crippen LogP contribution in [0.3, 0.4) is 0 Å². The molecule has 0 aliphatic carbocycles. The Morgan fingerprint density at radius 2 is 1.49 bits per heavy atom. The van der Waals surface area contributed by atoms with Gasteiger partial charge in [-0.25, -0.2) is 8.42 Å².